The number of carbonyl (C=O) groups is 3. The van der Waals surface area contributed by atoms with E-state index in [-0.39, 0.29) is 24.3 Å². The smallest absolute Gasteiger partial charge is 0.308 e. The van der Waals surface area contributed by atoms with Crippen molar-refractivity contribution in [2.45, 2.75) is 52.0 Å². The molecular weight excluding hydrogens is 284 g/mol. The van der Waals surface area contributed by atoms with Crippen molar-refractivity contribution >= 4 is 17.8 Å². The third kappa shape index (κ3) is 3.42. The molecule has 1 N–H and O–H groups in total. The first kappa shape index (κ1) is 16.8. The van der Waals surface area contributed by atoms with E-state index in [9.17, 15) is 19.5 Å². The van der Waals surface area contributed by atoms with Crippen LogP contribution in [0.3, 0.4) is 0 Å². The van der Waals surface area contributed by atoms with E-state index in [1.807, 2.05) is 13.8 Å². The van der Waals surface area contributed by atoms with Crippen LogP contribution < -0.4 is 0 Å². The Labute approximate surface area is 131 Å². The van der Waals surface area contributed by atoms with Crippen LogP contribution in [0.15, 0.2) is 0 Å². The Bertz CT molecular complexity index is 451. The summed E-state index contributed by atoms with van der Waals surface area (Å²) in [6, 6.07) is -0.396. The van der Waals surface area contributed by atoms with Gasteiger partial charge in [-0.3, -0.25) is 14.4 Å². The Morgan fingerprint density at radius 1 is 1.18 bits per heavy atom. The number of hydrogen-bond acceptors (Lipinski definition) is 3. The summed E-state index contributed by atoms with van der Waals surface area (Å²) in [6.45, 7) is 5.20. The van der Waals surface area contributed by atoms with Crippen molar-refractivity contribution in [3.05, 3.63) is 0 Å². The van der Waals surface area contributed by atoms with Gasteiger partial charge >= 0.3 is 5.97 Å². The van der Waals surface area contributed by atoms with E-state index in [4.69, 9.17) is 0 Å². The van der Waals surface area contributed by atoms with Crippen LogP contribution in [0.25, 0.3) is 0 Å². The number of carboxylic acid groups (broad SMARTS) is 1. The van der Waals surface area contributed by atoms with E-state index < -0.39 is 17.9 Å². The summed E-state index contributed by atoms with van der Waals surface area (Å²) in [5.41, 5.74) is 0. The molecule has 0 aliphatic carbocycles. The first-order valence-electron chi connectivity index (χ1n) is 8.26. The average molecular weight is 310 g/mol. The van der Waals surface area contributed by atoms with E-state index in [0.29, 0.717) is 25.9 Å². The zero-order valence-corrected chi connectivity index (χ0v) is 13.5. The van der Waals surface area contributed by atoms with E-state index in [2.05, 4.69) is 0 Å². The largest absolute Gasteiger partial charge is 0.481 e. The standard InChI is InChI=1S/C16H26N2O4/c1-3-6-14(19)18-8-5-4-7-13(18)15(20)17-9-11(2)12(10-17)16(21)22/h11-13H,3-10H2,1-2H3,(H,21,22)/t11-,12-,13?/m1/s1. The van der Waals surface area contributed by atoms with E-state index in [1.165, 1.54) is 0 Å². The van der Waals surface area contributed by atoms with Gasteiger partial charge in [-0.1, -0.05) is 13.8 Å². The summed E-state index contributed by atoms with van der Waals surface area (Å²) in [5.74, 6) is -1.40. The van der Waals surface area contributed by atoms with Crippen LogP contribution in [-0.2, 0) is 14.4 Å². The third-order valence-corrected chi connectivity index (χ3v) is 4.81. The molecule has 2 amide bonds. The molecule has 2 rings (SSSR count). The van der Waals surface area contributed by atoms with Gasteiger partial charge in [-0.2, -0.15) is 0 Å². The maximum Gasteiger partial charge on any atom is 0.308 e. The third-order valence-electron chi connectivity index (χ3n) is 4.81. The van der Waals surface area contributed by atoms with Crippen molar-refractivity contribution in [3.8, 4) is 0 Å². The summed E-state index contributed by atoms with van der Waals surface area (Å²) in [5, 5.41) is 9.20. The minimum atomic E-state index is -0.842. The Hall–Kier alpha value is -1.59. The van der Waals surface area contributed by atoms with Gasteiger partial charge < -0.3 is 14.9 Å². The molecule has 0 aromatic heterocycles. The number of carboxylic acids is 1. The molecule has 3 atom stereocenters. The van der Waals surface area contributed by atoms with Crippen molar-refractivity contribution in [3.63, 3.8) is 0 Å². The summed E-state index contributed by atoms with van der Waals surface area (Å²) >= 11 is 0. The van der Waals surface area contributed by atoms with Crippen LogP contribution in [0.1, 0.15) is 46.0 Å². The first-order chi connectivity index (χ1) is 10.5. The second kappa shape index (κ2) is 7.11. The van der Waals surface area contributed by atoms with Crippen molar-refractivity contribution in [2.75, 3.05) is 19.6 Å². The van der Waals surface area contributed by atoms with Gasteiger partial charge in [0.15, 0.2) is 0 Å². The van der Waals surface area contributed by atoms with Gasteiger partial charge in [0.2, 0.25) is 11.8 Å². The molecule has 2 aliphatic rings. The molecule has 2 saturated heterocycles. The van der Waals surface area contributed by atoms with Crippen LogP contribution in [0, 0.1) is 11.8 Å². The summed E-state index contributed by atoms with van der Waals surface area (Å²) in [4.78, 5) is 39.6. The molecular formula is C16H26N2O4. The van der Waals surface area contributed by atoms with Crippen molar-refractivity contribution in [2.24, 2.45) is 11.8 Å². The highest BCUT2D eigenvalue weighted by molar-refractivity contribution is 5.88. The highest BCUT2D eigenvalue weighted by atomic mass is 16.4. The van der Waals surface area contributed by atoms with Crippen molar-refractivity contribution in [1.29, 1.82) is 0 Å². The number of aliphatic carboxylic acids is 1. The lowest BCUT2D eigenvalue weighted by Gasteiger charge is -2.37. The summed E-state index contributed by atoms with van der Waals surface area (Å²) in [6.07, 6.45) is 3.82. The molecule has 0 aromatic rings. The van der Waals surface area contributed by atoms with Gasteiger partial charge in [0.25, 0.3) is 0 Å². The minimum absolute atomic E-state index is 0.0372. The normalized spacial score (nSPS) is 28.7. The monoisotopic (exact) mass is 310 g/mol. The molecule has 0 spiro atoms. The van der Waals surface area contributed by atoms with Crippen LogP contribution in [0.5, 0.6) is 0 Å². The van der Waals surface area contributed by atoms with Gasteiger partial charge in [-0.25, -0.2) is 0 Å². The zero-order valence-electron chi connectivity index (χ0n) is 13.5. The summed E-state index contributed by atoms with van der Waals surface area (Å²) < 4.78 is 0. The molecule has 0 aromatic carbocycles. The van der Waals surface area contributed by atoms with Crippen molar-refractivity contribution in [1.82, 2.24) is 9.80 Å². The van der Waals surface area contributed by atoms with E-state index >= 15 is 0 Å². The van der Waals surface area contributed by atoms with E-state index in [0.717, 1.165) is 19.3 Å². The van der Waals surface area contributed by atoms with Crippen molar-refractivity contribution < 1.29 is 19.5 Å². The minimum Gasteiger partial charge on any atom is -0.481 e. The van der Waals surface area contributed by atoms with Gasteiger partial charge in [0.05, 0.1) is 5.92 Å². The molecule has 6 heteroatoms. The number of amides is 2. The Balaban J connectivity index is 2.06. The van der Waals surface area contributed by atoms with Crippen LogP contribution >= 0.6 is 0 Å². The SMILES string of the molecule is CCCC(=O)N1CCCCC1C(=O)N1C[C@@H](C)[C@H](C(=O)O)C1. The number of piperidine rings is 1. The predicted molar refractivity (Wildman–Crippen MR) is 81.1 cm³/mol. The molecule has 22 heavy (non-hydrogen) atoms. The molecule has 0 bridgehead atoms. The molecule has 1 unspecified atom stereocenters. The maximum absolute atomic E-state index is 12.8. The van der Waals surface area contributed by atoms with E-state index in [1.54, 1.807) is 9.80 Å². The molecule has 124 valence electrons. The van der Waals surface area contributed by atoms with Crippen LogP contribution in [0.4, 0.5) is 0 Å². The molecule has 0 radical (unpaired) electrons. The molecule has 2 fully saturated rings. The number of rotatable bonds is 4. The molecule has 2 aliphatic heterocycles. The Morgan fingerprint density at radius 2 is 1.91 bits per heavy atom. The lowest BCUT2D eigenvalue weighted by molar-refractivity contribution is -0.148. The van der Waals surface area contributed by atoms with Crippen LogP contribution in [-0.4, -0.2) is 58.4 Å². The van der Waals surface area contributed by atoms with Gasteiger partial charge in [-0.15, -0.1) is 0 Å². The first-order valence-corrected chi connectivity index (χ1v) is 8.26. The zero-order chi connectivity index (χ0) is 16.3. The fourth-order valence-electron chi connectivity index (χ4n) is 3.52. The Kier molecular flexibility index (Phi) is 5.42. The second-order valence-electron chi connectivity index (χ2n) is 6.51. The number of carbonyl (C=O) groups excluding carboxylic acids is 2. The Morgan fingerprint density at radius 3 is 2.50 bits per heavy atom. The fourth-order valence-corrected chi connectivity index (χ4v) is 3.52. The quantitative estimate of drug-likeness (QED) is 0.850. The summed E-state index contributed by atoms with van der Waals surface area (Å²) in [7, 11) is 0. The highest BCUT2D eigenvalue weighted by Gasteiger charge is 2.41. The number of likely N-dealkylation sites (tertiary alicyclic amines) is 2. The lowest BCUT2D eigenvalue weighted by atomic mass is 9.99. The topological polar surface area (TPSA) is 77.9 Å². The molecule has 0 saturated carbocycles. The highest BCUT2D eigenvalue weighted by Crippen LogP contribution is 2.27. The number of nitrogens with zero attached hydrogens (tertiary/aromatic N) is 2. The fraction of sp³-hybridized carbons (Fsp3) is 0.812. The number of hydrogen-bond donors (Lipinski definition) is 1. The van der Waals surface area contributed by atoms with Gasteiger partial charge in [0, 0.05) is 26.1 Å². The second-order valence-corrected chi connectivity index (χ2v) is 6.51. The van der Waals surface area contributed by atoms with Crippen LogP contribution in [0.2, 0.25) is 0 Å². The van der Waals surface area contributed by atoms with Gasteiger partial charge in [0.1, 0.15) is 6.04 Å². The molecule has 2 heterocycles. The maximum atomic E-state index is 12.8. The lowest BCUT2D eigenvalue weighted by Crippen LogP contribution is -2.52. The molecule has 6 nitrogen and oxygen atoms in total. The van der Waals surface area contributed by atoms with Gasteiger partial charge in [-0.05, 0) is 31.6 Å². The predicted octanol–water partition coefficient (Wildman–Crippen LogP) is 1.35. The average Bonchev–Trinajstić information content (AvgIpc) is 2.89.